The molecular weight excluding hydrogens is 248 g/mol. The van der Waals surface area contributed by atoms with Gasteiger partial charge in [0.1, 0.15) is 5.75 Å². The van der Waals surface area contributed by atoms with Gasteiger partial charge in [-0.15, -0.1) is 0 Å². The Balaban J connectivity index is 2.09. The highest BCUT2D eigenvalue weighted by Crippen LogP contribution is 2.23. The van der Waals surface area contributed by atoms with Crippen LogP contribution in [0.3, 0.4) is 0 Å². The summed E-state index contributed by atoms with van der Waals surface area (Å²) in [7, 11) is 1.76. The molecule has 0 unspecified atom stereocenters. The summed E-state index contributed by atoms with van der Waals surface area (Å²) in [6, 6.07) is 9.09. The zero-order valence-electron chi connectivity index (χ0n) is 13.1. The first-order chi connectivity index (χ1) is 9.70. The summed E-state index contributed by atoms with van der Waals surface area (Å²) in [5, 5.41) is 3.46. The lowest BCUT2D eigenvalue weighted by Crippen LogP contribution is -2.44. The van der Waals surface area contributed by atoms with Crippen molar-refractivity contribution in [3.8, 4) is 5.75 Å². The summed E-state index contributed by atoms with van der Waals surface area (Å²) in [4.78, 5) is 2.64. The second-order valence-electron chi connectivity index (χ2n) is 6.12. The zero-order valence-corrected chi connectivity index (χ0v) is 13.1. The van der Waals surface area contributed by atoms with Gasteiger partial charge in [0.15, 0.2) is 0 Å². The molecule has 0 aliphatic carbocycles. The fourth-order valence-corrected chi connectivity index (χ4v) is 3.04. The van der Waals surface area contributed by atoms with Gasteiger partial charge in [-0.1, -0.05) is 32.0 Å². The fraction of sp³-hybridized carbons (Fsp3) is 0.647. The molecule has 1 aromatic carbocycles. The van der Waals surface area contributed by atoms with Crippen molar-refractivity contribution in [2.24, 2.45) is 5.92 Å². The van der Waals surface area contributed by atoms with E-state index in [1.165, 1.54) is 18.4 Å². The first kappa shape index (κ1) is 15.3. The Bertz CT molecular complexity index is 400. The Kier molecular flexibility index (Phi) is 5.86. The van der Waals surface area contributed by atoms with Gasteiger partial charge in [-0.05, 0) is 37.9 Å². The molecule has 2 rings (SSSR count). The van der Waals surface area contributed by atoms with Crippen LogP contribution in [0.1, 0.15) is 32.3 Å². The average Bonchev–Trinajstić information content (AvgIpc) is 2.47. The molecule has 1 aliphatic heterocycles. The molecule has 1 saturated heterocycles. The molecule has 20 heavy (non-hydrogen) atoms. The second kappa shape index (κ2) is 7.65. The Morgan fingerprint density at radius 2 is 1.95 bits per heavy atom. The third-order valence-electron chi connectivity index (χ3n) is 3.99. The van der Waals surface area contributed by atoms with Gasteiger partial charge < -0.3 is 10.1 Å². The number of nitrogens with one attached hydrogen (secondary N) is 1. The molecule has 3 nitrogen and oxygen atoms in total. The maximum atomic E-state index is 5.50. The minimum absolute atomic E-state index is 0.694. The predicted octanol–water partition coefficient (Wildman–Crippen LogP) is 2.91. The zero-order chi connectivity index (χ0) is 14.4. The van der Waals surface area contributed by atoms with Crippen LogP contribution in [0.4, 0.5) is 0 Å². The number of benzene rings is 1. The Labute approximate surface area is 123 Å². The number of hydrogen-bond acceptors (Lipinski definition) is 3. The average molecular weight is 276 g/mol. The SMILES string of the molecule is COc1ccccc1CN(CC(C)C)C1CCNCC1. The van der Waals surface area contributed by atoms with Gasteiger partial charge in [0.2, 0.25) is 0 Å². The molecule has 1 heterocycles. The van der Waals surface area contributed by atoms with Crippen molar-refractivity contribution in [1.82, 2.24) is 10.2 Å². The fourth-order valence-electron chi connectivity index (χ4n) is 3.04. The van der Waals surface area contributed by atoms with Crippen LogP contribution in [0.25, 0.3) is 0 Å². The van der Waals surface area contributed by atoms with Crippen LogP contribution in [0, 0.1) is 5.92 Å². The van der Waals surface area contributed by atoms with Crippen LogP contribution >= 0.6 is 0 Å². The number of methoxy groups -OCH3 is 1. The van der Waals surface area contributed by atoms with E-state index in [9.17, 15) is 0 Å². The van der Waals surface area contributed by atoms with E-state index in [-0.39, 0.29) is 0 Å². The smallest absolute Gasteiger partial charge is 0.123 e. The number of nitrogens with zero attached hydrogens (tertiary/aromatic N) is 1. The molecule has 1 N–H and O–H groups in total. The molecule has 0 saturated carbocycles. The Hall–Kier alpha value is -1.06. The molecule has 0 atom stereocenters. The van der Waals surface area contributed by atoms with E-state index in [1.807, 2.05) is 6.07 Å². The van der Waals surface area contributed by atoms with Crippen molar-refractivity contribution in [3.05, 3.63) is 29.8 Å². The van der Waals surface area contributed by atoms with Crippen molar-refractivity contribution in [1.29, 1.82) is 0 Å². The molecule has 3 heteroatoms. The minimum Gasteiger partial charge on any atom is -0.496 e. The van der Waals surface area contributed by atoms with Crippen molar-refractivity contribution >= 4 is 0 Å². The minimum atomic E-state index is 0.694. The van der Waals surface area contributed by atoms with Crippen molar-refractivity contribution < 1.29 is 4.74 Å². The van der Waals surface area contributed by atoms with Gasteiger partial charge in [0.05, 0.1) is 7.11 Å². The molecule has 0 bridgehead atoms. The Morgan fingerprint density at radius 1 is 1.25 bits per heavy atom. The van der Waals surface area contributed by atoms with Gasteiger partial charge >= 0.3 is 0 Å². The van der Waals surface area contributed by atoms with Gasteiger partial charge in [-0.25, -0.2) is 0 Å². The Morgan fingerprint density at radius 3 is 2.60 bits per heavy atom. The van der Waals surface area contributed by atoms with Crippen LogP contribution < -0.4 is 10.1 Å². The van der Waals surface area contributed by atoms with E-state index in [1.54, 1.807) is 7.11 Å². The standard InChI is InChI=1S/C17H28N2O/c1-14(2)12-19(16-8-10-18-11-9-16)13-15-6-4-5-7-17(15)20-3/h4-7,14,16,18H,8-13H2,1-3H3. The molecule has 0 amide bonds. The van der Waals surface area contributed by atoms with E-state index >= 15 is 0 Å². The van der Waals surface area contributed by atoms with Crippen molar-refractivity contribution in [2.75, 3.05) is 26.7 Å². The van der Waals surface area contributed by atoms with Gasteiger partial charge in [0, 0.05) is 24.7 Å². The van der Waals surface area contributed by atoms with E-state index in [0.717, 1.165) is 31.9 Å². The van der Waals surface area contributed by atoms with Crippen molar-refractivity contribution in [2.45, 2.75) is 39.3 Å². The normalized spacial score (nSPS) is 16.9. The molecule has 0 radical (unpaired) electrons. The largest absolute Gasteiger partial charge is 0.496 e. The number of ether oxygens (including phenoxy) is 1. The second-order valence-corrected chi connectivity index (χ2v) is 6.12. The van der Waals surface area contributed by atoms with E-state index in [0.29, 0.717) is 12.0 Å². The first-order valence-electron chi connectivity index (χ1n) is 7.77. The third-order valence-corrected chi connectivity index (χ3v) is 3.99. The maximum Gasteiger partial charge on any atom is 0.123 e. The van der Waals surface area contributed by atoms with Crippen molar-refractivity contribution in [3.63, 3.8) is 0 Å². The lowest BCUT2D eigenvalue weighted by Gasteiger charge is -2.36. The highest BCUT2D eigenvalue weighted by molar-refractivity contribution is 5.33. The monoisotopic (exact) mass is 276 g/mol. The summed E-state index contributed by atoms with van der Waals surface area (Å²) in [5.74, 6) is 1.70. The van der Waals surface area contributed by atoms with Crippen LogP contribution in [0.15, 0.2) is 24.3 Å². The lowest BCUT2D eigenvalue weighted by atomic mass is 10.0. The summed E-state index contributed by atoms with van der Waals surface area (Å²) in [5.41, 5.74) is 1.30. The lowest BCUT2D eigenvalue weighted by molar-refractivity contribution is 0.136. The maximum absolute atomic E-state index is 5.50. The van der Waals surface area contributed by atoms with Crippen LogP contribution in [-0.4, -0.2) is 37.7 Å². The quantitative estimate of drug-likeness (QED) is 0.864. The van der Waals surface area contributed by atoms with Crippen LogP contribution in [0.5, 0.6) is 5.75 Å². The number of para-hydroxylation sites is 1. The molecule has 1 aromatic rings. The number of hydrogen-bond donors (Lipinski definition) is 1. The van der Waals surface area contributed by atoms with Crippen LogP contribution in [0.2, 0.25) is 0 Å². The molecule has 1 aliphatic rings. The van der Waals surface area contributed by atoms with E-state index in [4.69, 9.17) is 4.74 Å². The third kappa shape index (κ3) is 4.22. The molecule has 0 spiro atoms. The summed E-state index contributed by atoms with van der Waals surface area (Å²) in [6.45, 7) is 9.04. The summed E-state index contributed by atoms with van der Waals surface area (Å²) >= 11 is 0. The first-order valence-corrected chi connectivity index (χ1v) is 7.77. The van der Waals surface area contributed by atoms with E-state index < -0.39 is 0 Å². The summed E-state index contributed by atoms with van der Waals surface area (Å²) in [6.07, 6.45) is 2.50. The summed E-state index contributed by atoms with van der Waals surface area (Å²) < 4.78 is 5.50. The molecule has 0 aromatic heterocycles. The predicted molar refractivity (Wildman–Crippen MR) is 84.1 cm³/mol. The topological polar surface area (TPSA) is 24.5 Å². The number of piperidine rings is 1. The van der Waals surface area contributed by atoms with Crippen LogP contribution in [-0.2, 0) is 6.54 Å². The molecule has 1 fully saturated rings. The van der Waals surface area contributed by atoms with Gasteiger partial charge in [-0.3, -0.25) is 4.90 Å². The highest BCUT2D eigenvalue weighted by atomic mass is 16.5. The van der Waals surface area contributed by atoms with Gasteiger partial charge in [0.25, 0.3) is 0 Å². The highest BCUT2D eigenvalue weighted by Gasteiger charge is 2.22. The number of rotatable bonds is 6. The van der Waals surface area contributed by atoms with Gasteiger partial charge in [-0.2, -0.15) is 0 Å². The molecule has 112 valence electrons. The molecular formula is C17H28N2O. The van der Waals surface area contributed by atoms with E-state index in [2.05, 4.69) is 42.3 Å².